The molecule has 1 saturated carbocycles. The fraction of sp³-hybridized carbons (Fsp3) is 0.556. The summed E-state index contributed by atoms with van der Waals surface area (Å²) in [5.41, 5.74) is 0.630. The third-order valence-electron chi connectivity index (χ3n) is 5.32. The number of benzene rings is 1. The van der Waals surface area contributed by atoms with Crippen molar-refractivity contribution in [2.45, 2.75) is 25.3 Å². The Morgan fingerprint density at radius 1 is 1.12 bits per heavy atom. The normalized spacial score (nSPS) is 22.5. The van der Waals surface area contributed by atoms with Crippen molar-refractivity contribution >= 4 is 23.5 Å². The summed E-state index contributed by atoms with van der Waals surface area (Å²) in [6.45, 7) is 5.39. The minimum atomic E-state index is -0.00447. The van der Waals surface area contributed by atoms with Crippen LogP contribution in [0.2, 0.25) is 5.02 Å². The van der Waals surface area contributed by atoms with E-state index in [1.54, 1.807) is 12.1 Å². The third kappa shape index (κ3) is 3.03. The molecule has 6 heteroatoms. The van der Waals surface area contributed by atoms with Crippen molar-refractivity contribution in [3.63, 3.8) is 0 Å². The minimum Gasteiger partial charge on any atom is -0.340 e. The van der Waals surface area contributed by atoms with E-state index < -0.39 is 0 Å². The van der Waals surface area contributed by atoms with Gasteiger partial charge in [-0.05, 0) is 31.0 Å². The number of guanidine groups is 1. The number of rotatable bonds is 2. The van der Waals surface area contributed by atoms with Crippen molar-refractivity contribution in [1.29, 1.82) is 0 Å². The van der Waals surface area contributed by atoms with Crippen molar-refractivity contribution < 1.29 is 4.79 Å². The molecule has 5 nitrogen and oxygen atoms in total. The van der Waals surface area contributed by atoms with E-state index in [1.807, 2.05) is 17.0 Å². The molecule has 3 aliphatic rings. The van der Waals surface area contributed by atoms with Crippen molar-refractivity contribution in [2.75, 3.05) is 39.3 Å². The molecule has 2 fully saturated rings. The summed E-state index contributed by atoms with van der Waals surface area (Å²) in [6, 6.07) is 7.95. The predicted octanol–water partition coefficient (Wildman–Crippen LogP) is 2.32. The largest absolute Gasteiger partial charge is 0.340 e. The number of hydrogen-bond acceptors (Lipinski definition) is 4. The molecule has 24 heavy (non-hydrogen) atoms. The number of piperazine rings is 1. The fourth-order valence-corrected chi connectivity index (χ4v) is 3.90. The topological polar surface area (TPSA) is 39.2 Å². The SMILES string of the molecule is O=C(c1cccc(Cl)c1)N1CCN=C1N1CCN(C2CCC2)CC1. The lowest BCUT2D eigenvalue weighted by Gasteiger charge is -2.44. The van der Waals surface area contributed by atoms with Gasteiger partial charge in [0.25, 0.3) is 5.91 Å². The Morgan fingerprint density at radius 2 is 1.92 bits per heavy atom. The second-order valence-electron chi connectivity index (χ2n) is 6.76. The van der Waals surface area contributed by atoms with E-state index >= 15 is 0 Å². The quantitative estimate of drug-likeness (QED) is 0.825. The smallest absolute Gasteiger partial charge is 0.260 e. The van der Waals surface area contributed by atoms with E-state index in [0.717, 1.165) is 38.2 Å². The highest BCUT2D eigenvalue weighted by molar-refractivity contribution is 6.31. The molecule has 1 aliphatic carbocycles. The number of amides is 1. The molecule has 0 unspecified atom stereocenters. The number of aliphatic imine (C=N–C) groups is 1. The van der Waals surface area contributed by atoms with Gasteiger partial charge in [0.2, 0.25) is 5.96 Å². The molecule has 128 valence electrons. The highest BCUT2D eigenvalue weighted by Gasteiger charge is 2.33. The fourth-order valence-electron chi connectivity index (χ4n) is 3.71. The number of carbonyl (C=O) groups is 1. The highest BCUT2D eigenvalue weighted by Crippen LogP contribution is 2.26. The third-order valence-corrected chi connectivity index (χ3v) is 5.56. The highest BCUT2D eigenvalue weighted by atomic mass is 35.5. The maximum atomic E-state index is 12.8. The zero-order valence-electron chi connectivity index (χ0n) is 13.8. The second-order valence-corrected chi connectivity index (χ2v) is 7.19. The Kier molecular flexibility index (Phi) is 4.46. The summed E-state index contributed by atoms with van der Waals surface area (Å²) < 4.78 is 0. The first-order valence-electron chi connectivity index (χ1n) is 8.83. The van der Waals surface area contributed by atoms with Gasteiger partial charge in [0.1, 0.15) is 0 Å². The van der Waals surface area contributed by atoms with Gasteiger partial charge < -0.3 is 4.90 Å². The van der Waals surface area contributed by atoms with Gasteiger partial charge in [-0.15, -0.1) is 0 Å². The molecule has 0 spiro atoms. The first-order chi connectivity index (χ1) is 11.7. The van der Waals surface area contributed by atoms with Crippen LogP contribution in [0.5, 0.6) is 0 Å². The van der Waals surface area contributed by atoms with Crippen LogP contribution in [0.1, 0.15) is 29.6 Å². The molecule has 4 rings (SSSR count). The van der Waals surface area contributed by atoms with Gasteiger partial charge >= 0.3 is 0 Å². The van der Waals surface area contributed by atoms with Gasteiger partial charge in [-0.1, -0.05) is 24.1 Å². The summed E-state index contributed by atoms with van der Waals surface area (Å²) in [7, 11) is 0. The van der Waals surface area contributed by atoms with Crippen molar-refractivity contribution in [2.24, 2.45) is 4.99 Å². The molecule has 1 amide bonds. The first-order valence-corrected chi connectivity index (χ1v) is 9.21. The zero-order valence-corrected chi connectivity index (χ0v) is 14.6. The summed E-state index contributed by atoms with van der Waals surface area (Å²) in [5.74, 6) is 0.836. The monoisotopic (exact) mass is 346 g/mol. The van der Waals surface area contributed by atoms with Gasteiger partial charge in [-0.3, -0.25) is 19.6 Å². The maximum absolute atomic E-state index is 12.8. The van der Waals surface area contributed by atoms with Crippen LogP contribution in [-0.4, -0.2) is 71.9 Å². The summed E-state index contributed by atoms with van der Waals surface area (Å²) in [4.78, 5) is 24.1. The van der Waals surface area contributed by atoms with Gasteiger partial charge in [0, 0.05) is 49.4 Å². The molecule has 1 saturated heterocycles. The predicted molar refractivity (Wildman–Crippen MR) is 95.6 cm³/mol. The maximum Gasteiger partial charge on any atom is 0.260 e. The van der Waals surface area contributed by atoms with E-state index in [-0.39, 0.29) is 5.91 Å². The Labute approximate surface area is 147 Å². The van der Waals surface area contributed by atoms with E-state index in [1.165, 1.54) is 19.3 Å². The van der Waals surface area contributed by atoms with Crippen LogP contribution >= 0.6 is 11.6 Å². The van der Waals surface area contributed by atoms with Gasteiger partial charge in [-0.25, -0.2) is 0 Å². The van der Waals surface area contributed by atoms with Gasteiger partial charge in [0.05, 0.1) is 6.54 Å². The molecule has 1 aromatic carbocycles. The molecule has 1 aromatic rings. The Hall–Kier alpha value is -1.59. The van der Waals surface area contributed by atoms with Gasteiger partial charge in [-0.2, -0.15) is 0 Å². The first kappa shape index (κ1) is 15.9. The van der Waals surface area contributed by atoms with Crippen LogP contribution in [0.3, 0.4) is 0 Å². The van der Waals surface area contributed by atoms with Crippen LogP contribution in [0.4, 0.5) is 0 Å². The summed E-state index contributed by atoms with van der Waals surface area (Å²) >= 11 is 6.03. The van der Waals surface area contributed by atoms with E-state index in [9.17, 15) is 4.79 Å². The molecular formula is C18H23ClN4O. The molecular weight excluding hydrogens is 324 g/mol. The molecule has 2 heterocycles. The molecule has 2 aliphatic heterocycles. The number of nitrogens with zero attached hydrogens (tertiary/aromatic N) is 4. The number of carbonyl (C=O) groups excluding carboxylic acids is 1. The van der Waals surface area contributed by atoms with Crippen LogP contribution in [0.25, 0.3) is 0 Å². The Bertz CT molecular complexity index is 650. The average Bonchev–Trinajstić information content (AvgIpc) is 3.03. The molecule has 0 atom stereocenters. The van der Waals surface area contributed by atoms with Crippen molar-refractivity contribution in [3.8, 4) is 0 Å². The molecule has 0 aromatic heterocycles. The van der Waals surface area contributed by atoms with Crippen molar-refractivity contribution in [3.05, 3.63) is 34.9 Å². The van der Waals surface area contributed by atoms with E-state index in [4.69, 9.17) is 11.6 Å². The Balaban J connectivity index is 1.42. The van der Waals surface area contributed by atoms with Crippen molar-refractivity contribution in [1.82, 2.24) is 14.7 Å². The number of halogens is 1. The van der Waals surface area contributed by atoms with Crippen LogP contribution < -0.4 is 0 Å². The average molecular weight is 347 g/mol. The van der Waals surface area contributed by atoms with Gasteiger partial charge in [0.15, 0.2) is 0 Å². The summed E-state index contributed by atoms with van der Waals surface area (Å²) in [5, 5.41) is 0.590. The lowest BCUT2D eigenvalue weighted by Crippen LogP contribution is -2.56. The zero-order chi connectivity index (χ0) is 16.5. The molecule has 0 N–H and O–H groups in total. The van der Waals surface area contributed by atoms with Crippen LogP contribution in [0.15, 0.2) is 29.3 Å². The minimum absolute atomic E-state index is 0.00447. The Morgan fingerprint density at radius 3 is 2.58 bits per heavy atom. The standard InChI is InChI=1S/C18H23ClN4O/c19-15-4-1-3-14(13-15)17(24)23-8-7-20-18(23)22-11-9-21(10-12-22)16-5-2-6-16/h1,3-4,13,16H,2,5-12H2. The lowest BCUT2D eigenvalue weighted by molar-refractivity contribution is 0.0745. The van der Waals surface area contributed by atoms with E-state index in [0.29, 0.717) is 23.7 Å². The summed E-state index contributed by atoms with van der Waals surface area (Å²) in [6.07, 6.45) is 4.07. The lowest BCUT2D eigenvalue weighted by atomic mass is 9.91. The number of hydrogen-bond donors (Lipinski definition) is 0. The van der Waals surface area contributed by atoms with Crippen LogP contribution in [0, 0.1) is 0 Å². The van der Waals surface area contributed by atoms with E-state index in [2.05, 4.69) is 14.8 Å². The second kappa shape index (κ2) is 6.73. The van der Waals surface area contributed by atoms with Crippen LogP contribution in [-0.2, 0) is 0 Å². The molecule has 0 bridgehead atoms. The molecule has 0 radical (unpaired) electrons.